The van der Waals surface area contributed by atoms with Gasteiger partial charge in [-0.2, -0.15) is 0 Å². The number of halogens is 1. The van der Waals surface area contributed by atoms with Gasteiger partial charge in [0.15, 0.2) is 0 Å². The summed E-state index contributed by atoms with van der Waals surface area (Å²) in [5.74, 6) is -0.232. The zero-order chi connectivity index (χ0) is 13.2. The molecule has 0 atom stereocenters. The van der Waals surface area contributed by atoms with Crippen LogP contribution < -0.4 is 5.73 Å². The SMILES string of the molecule is CCC(N)(CC)c1nc(-c2ccc(F)cc2)cs1. The van der Waals surface area contributed by atoms with Crippen LogP contribution in [0.5, 0.6) is 0 Å². The van der Waals surface area contributed by atoms with Gasteiger partial charge in [-0.3, -0.25) is 0 Å². The molecule has 0 radical (unpaired) electrons. The maximum atomic E-state index is 12.9. The number of nitrogens with two attached hydrogens (primary N) is 1. The Morgan fingerprint density at radius 1 is 1.22 bits per heavy atom. The van der Waals surface area contributed by atoms with E-state index >= 15 is 0 Å². The van der Waals surface area contributed by atoms with E-state index in [1.165, 1.54) is 12.1 Å². The molecule has 2 nitrogen and oxygen atoms in total. The van der Waals surface area contributed by atoms with Gasteiger partial charge >= 0.3 is 0 Å². The van der Waals surface area contributed by atoms with Gasteiger partial charge in [-0.15, -0.1) is 11.3 Å². The number of benzene rings is 1. The molecule has 1 aromatic carbocycles. The molecule has 96 valence electrons. The highest BCUT2D eigenvalue weighted by Gasteiger charge is 2.26. The van der Waals surface area contributed by atoms with E-state index < -0.39 is 0 Å². The molecule has 0 bridgehead atoms. The van der Waals surface area contributed by atoms with Gasteiger partial charge in [-0.1, -0.05) is 13.8 Å². The maximum absolute atomic E-state index is 12.9. The van der Waals surface area contributed by atoms with Crippen molar-refractivity contribution in [2.75, 3.05) is 0 Å². The average Bonchev–Trinajstić information content (AvgIpc) is 2.89. The molecule has 1 heterocycles. The second kappa shape index (κ2) is 5.16. The maximum Gasteiger partial charge on any atom is 0.123 e. The lowest BCUT2D eigenvalue weighted by atomic mass is 9.95. The molecule has 18 heavy (non-hydrogen) atoms. The van der Waals surface area contributed by atoms with E-state index in [4.69, 9.17) is 5.73 Å². The summed E-state index contributed by atoms with van der Waals surface area (Å²) >= 11 is 1.57. The van der Waals surface area contributed by atoms with Crippen molar-refractivity contribution in [1.29, 1.82) is 0 Å². The van der Waals surface area contributed by atoms with Crippen LogP contribution in [0.4, 0.5) is 4.39 Å². The minimum absolute atomic E-state index is 0.232. The Bertz CT molecular complexity index is 515. The number of thiazole rings is 1. The quantitative estimate of drug-likeness (QED) is 0.909. The van der Waals surface area contributed by atoms with Crippen molar-refractivity contribution in [2.45, 2.75) is 32.2 Å². The summed E-state index contributed by atoms with van der Waals surface area (Å²) in [6.07, 6.45) is 1.72. The highest BCUT2D eigenvalue weighted by molar-refractivity contribution is 7.10. The topological polar surface area (TPSA) is 38.9 Å². The van der Waals surface area contributed by atoms with Crippen molar-refractivity contribution in [2.24, 2.45) is 5.73 Å². The molecule has 0 aliphatic carbocycles. The Labute approximate surface area is 111 Å². The Hall–Kier alpha value is -1.26. The number of rotatable bonds is 4. The van der Waals surface area contributed by atoms with Crippen LogP contribution in [0.1, 0.15) is 31.7 Å². The molecule has 2 aromatic rings. The number of nitrogens with zero attached hydrogens (tertiary/aromatic N) is 1. The first-order chi connectivity index (χ1) is 8.59. The van der Waals surface area contributed by atoms with Crippen molar-refractivity contribution in [3.63, 3.8) is 0 Å². The molecular weight excluding hydrogens is 247 g/mol. The summed E-state index contributed by atoms with van der Waals surface area (Å²) in [5.41, 5.74) is 7.77. The van der Waals surface area contributed by atoms with Gasteiger partial charge in [0.1, 0.15) is 10.8 Å². The van der Waals surface area contributed by atoms with Crippen LogP contribution in [0, 0.1) is 5.82 Å². The highest BCUT2D eigenvalue weighted by atomic mass is 32.1. The molecule has 0 aliphatic rings. The summed E-state index contributed by atoms with van der Waals surface area (Å²) in [5, 5.41) is 2.93. The van der Waals surface area contributed by atoms with E-state index in [-0.39, 0.29) is 11.4 Å². The largest absolute Gasteiger partial charge is 0.319 e. The van der Waals surface area contributed by atoms with Crippen LogP contribution in [-0.4, -0.2) is 4.98 Å². The fourth-order valence-corrected chi connectivity index (χ4v) is 2.89. The third-order valence-electron chi connectivity index (χ3n) is 3.33. The van der Waals surface area contributed by atoms with Crippen LogP contribution in [0.2, 0.25) is 0 Å². The van der Waals surface area contributed by atoms with Crippen LogP contribution in [0.15, 0.2) is 29.6 Å². The standard InChI is InChI=1S/C14H17FN2S/c1-3-14(16,4-2)13-17-12(9-18-13)10-5-7-11(15)8-6-10/h5-9H,3-4,16H2,1-2H3. The van der Waals surface area contributed by atoms with Gasteiger partial charge in [0.05, 0.1) is 11.2 Å². The molecule has 0 amide bonds. The Kier molecular flexibility index (Phi) is 3.78. The monoisotopic (exact) mass is 264 g/mol. The van der Waals surface area contributed by atoms with Gasteiger partial charge in [-0.05, 0) is 37.1 Å². The van der Waals surface area contributed by atoms with Crippen molar-refractivity contribution >= 4 is 11.3 Å². The van der Waals surface area contributed by atoms with Crippen molar-refractivity contribution in [3.8, 4) is 11.3 Å². The third kappa shape index (κ3) is 2.44. The van der Waals surface area contributed by atoms with Gasteiger partial charge < -0.3 is 5.73 Å². The molecule has 0 fully saturated rings. The lowest BCUT2D eigenvalue weighted by Gasteiger charge is -2.23. The Morgan fingerprint density at radius 2 is 1.83 bits per heavy atom. The summed E-state index contributed by atoms with van der Waals surface area (Å²) in [6.45, 7) is 4.14. The predicted molar refractivity (Wildman–Crippen MR) is 74.0 cm³/mol. The van der Waals surface area contributed by atoms with E-state index in [9.17, 15) is 4.39 Å². The number of hydrogen-bond donors (Lipinski definition) is 1. The molecule has 0 spiro atoms. The molecule has 0 unspecified atom stereocenters. The first-order valence-electron chi connectivity index (χ1n) is 6.10. The minimum atomic E-state index is -0.344. The fraction of sp³-hybridized carbons (Fsp3) is 0.357. The van der Waals surface area contributed by atoms with Gasteiger partial charge in [0, 0.05) is 10.9 Å². The molecule has 4 heteroatoms. The second-order valence-corrected chi connectivity index (χ2v) is 5.27. The second-order valence-electron chi connectivity index (χ2n) is 4.41. The predicted octanol–water partition coefficient (Wildman–Crippen LogP) is 3.92. The van der Waals surface area contributed by atoms with E-state index in [1.54, 1.807) is 23.5 Å². The number of hydrogen-bond acceptors (Lipinski definition) is 3. The summed E-state index contributed by atoms with van der Waals surface area (Å²) in [4.78, 5) is 4.59. The van der Waals surface area contributed by atoms with Gasteiger partial charge in [0.2, 0.25) is 0 Å². The lowest BCUT2D eigenvalue weighted by molar-refractivity contribution is 0.411. The van der Waals surface area contributed by atoms with Crippen molar-refractivity contribution in [1.82, 2.24) is 4.98 Å². The normalized spacial score (nSPS) is 11.8. The molecule has 2 N–H and O–H groups in total. The summed E-state index contributed by atoms with van der Waals surface area (Å²) in [7, 11) is 0. The van der Waals surface area contributed by atoms with Crippen LogP contribution in [0.25, 0.3) is 11.3 Å². The van der Waals surface area contributed by atoms with E-state index in [0.29, 0.717) is 0 Å². The smallest absolute Gasteiger partial charge is 0.123 e. The molecule has 0 saturated carbocycles. The molecule has 0 saturated heterocycles. The zero-order valence-electron chi connectivity index (χ0n) is 10.6. The fourth-order valence-electron chi connectivity index (χ4n) is 1.81. The lowest BCUT2D eigenvalue weighted by Crippen LogP contribution is -2.34. The molecule has 0 aliphatic heterocycles. The van der Waals surface area contributed by atoms with Crippen LogP contribution in [0.3, 0.4) is 0 Å². The zero-order valence-corrected chi connectivity index (χ0v) is 11.4. The minimum Gasteiger partial charge on any atom is -0.319 e. The van der Waals surface area contributed by atoms with Crippen molar-refractivity contribution < 1.29 is 4.39 Å². The van der Waals surface area contributed by atoms with Crippen molar-refractivity contribution in [3.05, 3.63) is 40.5 Å². The first-order valence-corrected chi connectivity index (χ1v) is 6.98. The third-order valence-corrected chi connectivity index (χ3v) is 4.39. The van der Waals surface area contributed by atoms with E-state index in [2.05, 4.69) is 18.8 Å². The Morgan fingerprint density at radius 3 is 2.39 bits per heavy atom. The molecular formula is C14H17FN2S. The molecule has 2 rings (SSSR count). The molecule has 1 aromatic heterocycles. The Balaban J connectivity index is 2.33. The van der Waals surface area contributed by atoms with E-state index in [1.807, 2.05) is 5.38 Å². The average molecular weight is 264 g/mol. The van der Waals surface area contributed by atoms with Crippen LogP contribution >= 0.6 is 11.3 Å². The number of aromatic nitrogens is 1. The van der Waals surface area contributed by atoms with Gasteiger partial charge in [0.25, 0.3) is 0 Å². The van der Waals surface area contributed by atoms with Gasteiger partial charge in [-0.25, -0.2) is 9.37 Å². The highest BCUT2D eigenvalue weighted by Crippen LogP contribution is 2.31. The summed E-state index contributed by atoms with van der Waals surface area (Å²) in [6, 6.07) is 6.38. The summed E-state index contributed by atoms with van der Waals surface area (Å²) < 4.78 is 12.9. The van der Waals surface area contributed by atoms with E-state index in [0.717, 1.165) is 29.1 Å². The first kappa shape index (κ1) is 13.2. The van der Waals surface area contributed by atoms with Crippen LogP contribution in [-0.2, 0) is 5.54 Å².